The molecule has 2 N–H and O–H groups in total. The molecule has 0 unspecified atom stereocenters. The molecule has 0 fully saturated rings. The topological polar surface area (TPSA) is 67.1 Å². The fourth-order valence-electron chi connectivity index (χ4n) is 3.32. The standard InChI is InChI=1S/C20H27N3O2/c1-2-3-4-5-8-13-22-16-10-6-7-11-17(16)23(20(22)21)15-18(24)19-12-9-14-25-19/h6-7,9-12,14,18,21,24H,2-5,8,13,15H2,1H3/t18-/m0/s1. The first-order valence-corrected chi connectivity index (χ1v) is 9.16. The molecule has 2 aromatic heterocycles. The van der Waals surface area contributed by atoms with Crippen LogP contribution in [0.4, 0.5) is 0 Å². The Bertz CT molecular complexity index is 846. The quantitative estimate of drug-likeness (QED) is 0.572. The monoisotopic (exact) mass is 341 g/mol. The molecule has 0 radical (unpaired) electrons. The lowest BCUT2D eigenvalue weighted by Gasteiger charge is -2.10. The Morgan fingerprint density at radius 1 is 1.00 bits per heavy atom. The Morgan fingerprint density at radius 3 is 2.40 bits per heavy atom. The highest BCUT2D eigenvalue weighted by atomic mass is 16.4. The van der Waals surface area contributed by atoms with Gasteiger partial charge in [-0.2, -0.15) is 0 Å². The van der Waals surface area contributed by atoms with Crippen LogP contribution in [0.5, 0.6) is 0 Å². The smallest absolute Gasteiger partial charge is 0.203 e. The van der Waals surface area contributed by atoms with Crippen LogP contribution in [0.15, 0.2) is 47.1 Å². The van der Waals surface area contributed by atoms with Crippen molar-refractivity contribution in [2.24, 2.45) is 0 Å². The number of benzene rings is 1. The van der Waals surface area contributed by atoms with Gasteiger partial charge in [0.05, 0.1) is 23.8 Å². The number of unbranched alkanes of at least 4 members (excludes halogenated alkanes) is 4. The Labute approximate surface area is 148 Å². The molecule has 0 saturated heterocycles. The normalized spacial score (nSPS) is 12.7. The molecule has 0 bridgehead atoms. The SMILES string of the molecule is CCCCCCCn1c(=N)n(C[C@H](O)c2ccco2)c2ccccc21. The summed E-state index contributed by atoms with van der Waals surface area (Å²) in [5.74, 6) is 0.531. The zero-order valence-corrected chi connectivity index (χ0v) is 14.8. The average molecular weight is 341 g/mol. The van der Waals surface area contributed by atoms with E-state index >= 15 is 0 Å². The second-order valence-electron chi connectivity index (χ2n) is 6.52. The van der Waals surface area contributed by atoms with Gasteiger partial charge in [0.1, 0.15) is 11.9 Å². The maximum atomic E-state index is 10.4. The van der Waals surface area contributed by atoms with Gasteiger partial charge >= 0.3 is 0 Å². The Hall–Kier alpha value is -2.27. The molecule has 5 heteroatoms. The Morgan fingerprint density at radius 2 is 1.72 bits per heavy atom. The van der Waals surface area contributed by atoms with Crippen LogP contribution in [0.1, 0.15) is 50.9 Å². The molecule has 5 nitrogen and oxygen atoms in total. The number of aliphatic hydroxyl groups is 1. The van der Waals surface area contributed by atoms with Gasteiger partial charge in [-0.25, -0.2) is 0 Å². The van der Waals surface area contributed by atoms with Gasteiger partial charge in [0.15, 0.2) is 0 Å². The summed E-state index contributed by atoms with van der Waals surface area (Å²) in [5, 5.41) is 19.0. The third-order valence-corrected chi connectivity index (χ3v) is 4.69. The van der Waals surface area contributed by atoms with Crippen LogP contribution >= 0.6 is 0 Å². The predicted octanol–water partition coefficient (Wildman–Crippen LogP) is 4.22. The molecule has 0 spiro atoms. The number of furan rings is 1. The van der Waals surface area contributed by atoms with Gasteiger partial charge in [-0.1, -0.05) is 44.7 Å². The molecule has 0 amide bonds. The summed E-state index contributed by atoms with van der Waals surface area (Å²) in [4.78, 5) is 0. The van der Waals surface area contributed by atoms with Gasteiger partial charge < -0.3 is 18.7 Å². The summed E-state index contributed by atoms with van der Waals surface area (Å²) in [6.07, 6.45) is 6.83. The Balaban J connectivity index is 1.83. The zero-order valence-electron chi connectivity index (χ0n) is 14.8. The van der Waals surface area contributed by atoms with E-state index in [-0.39, 0.29) is 0 Å². The van der Waals surface area contributed by atoms with Crippen molar-refractivity contribution in [3.63, 3.8) is 0 Å². The van der Waals surface area contributed by atoms with E-state index in [1.54, 1.807) is 18.4 Å². The molecular formula is C20H27N3O2. The van der Waals surface area contributed by atoms with E-state index in [2.05, 4.69) is 17.6 Å². The summed E-state index contributed by atoms with van der Waals surface area (Å²) in [6, 6.07) is 11.6. The highest BCUT2D eigenvalue weighted by Crippen LogP contribution is 2.19. The number of para-hydroxylation sites is 2. The van der Waals surface area contributed by atoms with Gasteiger partial charge in [-0.3, -0.25) is 5.41 Å². The van der Waals surface area contributed by atoms with Crippen molar-refractivity contribution in [1.82, 2.24) is 9.13 Å². The predicted molar refractivity (Wildman–Crippen MR) is 98.2 cm³/mol. The molecule has 0 aliphatic heterocycles. The molecule has 134 valence electrons. The third-order valence-electron chi connectivity index (χ3n) is 4.69. The molecule has 3 aromatic rings. The summed E-state index contributed by atoms with van der Waals surface area (Å²) < 4.78 is 9.22. The number of rotatable bonds is 9. The lowest BCUT2D eigenvalue weighted by Crippen LogP contribution is -2.26. The number of nitrogens with one attached hydrogen (secondary N) is 1. The van der Waals surface area contributed by atoms with Crippen molar-refractivity contribution in [3.8, 4) is 0 Å². The van der Waals surface area contributed by atoms with E-state index in [0.29, 0.717) is 17.9 Å². The minimum atomic E-state index is -0.757. The molecule has 1 aromatic carbocycles. The van der Waals surface area contributed by atoms with Gasteiger partial charge in [-0.05, 0) is 30.7 Å². The number of imidazole rings is 1. The van der Waals surface area contributed by atoms with Crippen LogP contribution in [-0.2, 0) is 13.1 Å². The van der Waals surface area contributed by atoms with E-state index < -0.39 is 6.10 Å². The second-order valence-corrected chi connectivity index (χ2v) is 6.52. The minimum Gasteiger partial charge on any atom is -0.467 e. The maximum Gasteiger partial charge on any atom is 0.203 e. The molecule has 3 rings (SSSR count). The van der Waals surface area contributed by atoms with Crippen LogP contribution in [0.3, 0.4) is 0 Å². The fraction of sp³-hybridized carbons (Fsp3) is 0.450. The first-order valence-electron chi connectivity index (χ1n) is 9.16. The summed E-state index contributed by atoms with van der Waals surface area (Å²) >= 11 is 0. The van der Waals surface area contributed by atoms with Crippen molar-refractivity contribution < 1.29 is 9.52 Å². The first-order chi connectivity index (χ1) is 12.2. The van der Waals surface area contributed by atoms with E-state index in [9.17, 15) is 5.11 Å². The highest BCUT2D eigenvalue weighted by Gasteiger charge is 2.16. The van der Waals surface area contributed by atoms with Crippen molar-refractivity contribution in [3.05, 3.63) is 54.0 Å². The largest absolute Gasteiger partial charge is 0.467 e. The third kappa shape index (κ3) is 3.87. The number of hydrogen-bond donors (Lipinski definition) is 2. The summed E-state index contributed by atoms with van der Waals surface area (Å²) in [7, 11) is 0. The van der Waals surface area contributed by atoms with Crippen LogP contribution < -0.4 is 5.62 Å². The average Bonchev–Trinajstić information content (AvgIpc) is 3.24. The molecule has 0 saturated carbocycles. The second kappa shape index (κ2) is 8.21. The van der Waals surface area contributed by atoms with Crippen LogP contribution in [0, 0.1) is 5.41 Å². The molecular weight excluding hydrogens is 314 g/mol. The van der Waals surface area contributed by atoms with Gasteiger partial charge in [0, 0.05) is 6.54 Å². The molecule has 0 aliphatic carbocycles. The van der Waals surface area contributed by atoms with E-state index in [0.717, 1.165) is 24.0 Å². The van der Waals surface area contributed by atoms with Crippen LogP contribution in [0.25, 0.3) is 11.0 Å². The molecule has 25 heavy (non-hydrogen) atoms. The van der Waals surface area contributed by atoms with Gasteiger partial charge in [0.2, 0.25) is 5.62 Å². The number of nitrogens with zero attached hydrogens (tertiary/aromatic N) is 2. The van der Waals surface area contributed by atoms with Crippen molar-refractivity contribution >= 4 is 11.0 Å². The van der Waals surface area contributed by atoms with E-state index in [4.69, 9.17) is 9.83 Å². The number of aromatic nitrogens is 2. The number of aryl methyl sites for hydroxylation is 1. The zero-order chi connectivity index (χ0) is 17.6. The lowest BCUT2D eigenvalue weighted by atomic mass is 10.1. The Kier molecular flexibility index (Phi) is 5.76. The van der Waals surface area contributed by atoms with Crippen LogP contribution in [0.2, 0.25) is 0 Å². The summed E-state index contributed by atoms with van der Waals surface area (Å²) in [5.41, 5.74) is 2.46. The van der Waals surface area contributed by atoms with Crippen molar-refractivity contribution in [2.75, 3.05) is 0 Å². The van der Waals surface area contributed by atoms with Gasteiger partial charge in [-0.15, -0.1) is 0 Å². The number of fused-ring (bicyclic) bond motifs is 1. The first kappa shape index (κ1) is 17.5. The molecule has 0 aliphatic rings. The molecule has 1 atom stereocenters. The highest BCUT2D eigenvalue weighted by molar-refractivity contribution is 5.75. The lowest BCUT2D eigenvalue weighted by molar-refractivity contribution is 0.129. The van der Waals surface area contributed by atoms with Gasteiger partial charge in [0.25, 0.3) is 0 Å². The van der Waals surface area contributed by atoms with Crippen molar-refractivity contribution in [1.29, 1.82) is 5.41 Å². The van der Waals surface area contributed by atoms with E-state index in [1.807, 2.05) is 22.8 Å². The fourth-order valence-corrected chi connectivity index (χ4v) is 3.32. The minimum absolute atomic E-state index is 0.315. The van der Waals surface area contributed by atoms with Crippen molar-refractivity contribution in [2.45, 2.75) is 58.2 Å². The van der Waals surface area contributed by atoms with E-state index in [1.165, 1.54) is 25.7 Å². The number of hydrogen-bond acceptors (Lipinski definition) is 3. The van der Waals surface area contributed by atoms with Crippen LogP contribution in [-0.4, -0.2) is 14.2 Å². The summed E-state index contributed by atoms with van der Waals surface area (Å²) in [6.45, 7) is 3.37. The molecule has 2 heterocycles. The maximum absolute atomic E-state index is 10.4. The number of aliphatic hydroxyl groups excluding tert-OH is 1.